The number of carbonyl (C=O) groups excluding carboxylic acids is 2. The Hall–Kier alpha value is -1.14. The summed E-state index contributed by atoms with van der Waals surface area (Å²) in [6.07, 6.45) is 40.0. The molecule has 0 unspecified atom stereocenters. The van der Waals surface area contributed by atoms with Crippen molar-refractivity contribution in [3.8, 4) is 0 Å². The van der Waals surface area contributed by atoms with Gasteiger partial charge in [0, 0.05) is 19.4 Å². The monoisotopic (exact) mass is 736 g/mol. The molecule has 1 N–H and O–H groups in total. The van der Waals surface area contributed by atoms with Crippen LogP contribution in [0.15, 0.2) is 0 Å². The van der Waals surface area contributed by atoms with Crippen LogP contribution in [0.25, 0.3) is 0 Å². The van der Waals surface area contributed by atoms with Gasteiger partial charge in [0.15, 0.2) is 0 Å². The molecule has 6 nitrogen and oxygen atoms in total. The zero-order valence-corrected chi connectivity index (χ0v) is 35.2. The van der Waals surface area contributed by atoms with Crippen LogP contribution < -0.4 is 0 Å². The standard InChI is InChI=1S/C46H89NO5/c1-4-7-10-13-16-20-25-32-44(49)51-42-29-22-17-21-28-38-47(40-41-48)39-37-46(35-36-46)34-27-26-33-45(50)52-43(30-23-18-14-11-8-5-2)31-24-19-15-12-9-6-3/h43,48H,4-42H2,1-3H3. The largest absolute Gasteiger partial charge is 0.466 e. The Morgan fingerprint density at radius 3 is 1.58 bits per heavy atom. The molecule has 0 aromatic carbocycles. The van der Waals surface area contributed by atoms with E-state index < -0.39 is 0 Å². The van der Waals surface area contributed by atoms with Gasteiger partial charge < -0.3 is 19.5 Å². The number of unbranched alkanes of at least 4 members (excludes halogenated alkanes) is 21. The summed E-state index contributed by atoms with van der Waals surface area (Å²) in [5.41, 5.74) is 0.460. The van der Waals surface area contributed by atoms with Gasteiger partial charge >= 0.3 is 11.9 Å². The number of ether oxygens (including phenoxy) is 2. The molecule has 1 rings (SSSR count). The Morgan fingerprint density at radius 2 is 1.02 bits per heavy atom. The second kappa shape index (κ2) is 35.6. The molecule has 52 heavy (non-hydrogen) atoms. The van der Waals surface area contributed by atoms with E-state index in [1.807, 2.05) is 0 Å². The Bertz CT molecular complexity index is 784. The normalized spacial score (nSPS) is 13.7. The first-order valence-electron chi connectivity index (χ1n) is 23.2. The van der Waals surface area contributed by atoms with Crippen molar-refractivity contribution in [1.29, 1.82) is 0 Å². The summed E-state index contributed by atoms with van der Waals surface area (Å²) < 4.78 is 11.5. The number of carbonyl (C=O) groups is 2. The molecule has 1 aliphatic carbocycles. The van der Waals surface area contributed by atoms with Crippen molar-refractivity contribution in [1.82, 2.24) is 4.90 Å². The van der Waals surface area contributed by atoms with Crippen molar-refractivity contribution in [3.63, 3.8) is 0 Å². The number of esters is 2. The van der Waals surface area contributed by atoms with Crippen molar-refractivity contribution >= 4 is 11.9 Å². The molecule has 1 aliphatic rings. The van der Waals surface area contributed by atoms with Gasteiger partial charge in [0.1, 0.15) is 6.10 Å². The van der Waals surface area contributed by atoms with E-state index in [4.69, 9.17) is 9.47 Å². The minimum absolute atomic E-state index is 0.0227. The molecule has 0 heterocycles. The van der Waals surface area contributed by atoms with Crippen LogP contribution in [-0.2, 0) is 19.1 Å². The maximum absolute atomic E-state index is 12.9. The van der Waals surface area contributed by atoms with Crippen LogP contribution in [0.1, 0.15) is 239 Å². The fourth-order valence-corrected chi connectivity index (χ4v) is 7.71. The van der Waals surface area contributed by atoms with E-state index >= 15 is 0 Å². The first kappa shape index (κ1) is 48.9. The van der Waals surface area contributed by atoms with Crippen LogP contribution in [0.2, 0.25) is 0 Å². The highest BCUT2D eigenvalue weighted by Gasteiger charge is 2.41. The van der Waals surface area contributed by atoms with Crippen LogP contribution in [0, 0.1) is 5.41 Å². The van der Waals surface area contributed by atoms with E-state index in [9.17, 15) is 14.7 Å². The fourth-order valence-electron chi connectivity index (χ4n) is 7.71. The van der Waals surface area contributed by atoms with Gasteiger partial charge in [0.05, 0.1) is 13.2 Å². The van der Waals surface area contributed by atoms with Gasteiger partial charge in [0.25, 0.3) is 0 Å². The number of aliphatic hydroxyl groups excluding tert-OH is 1. The average molecular weight is 736 g/mol. The van der Waals surface area contributed by atoms with Crippen molar-refractivity contribution in [2.24, 2.45) is 5.41 Å². The third-order valence-electron chi connectivity index (χ3n) is 11.6. The molecule has 0 spiro atoms. The SMILES string of the molecule is CCCCCCCCCC(=O)OCCCCCCCN(CCO)CCC1(CCCCC(=O)OC(CCCCCCCC)CCCCCCCC)CC1. The first-order valence-corrected chi connectivity index (χ1v) is 23.2. The van der Waals surface area contributed by atoms with Crippen LogP contribution in [-0.4, -0.2) is 60.9 Å². The van der Waals surface area contributed by atoms with E-state index in [2.05, 4.69) is 25.7 Å². The highest BCUT2D eigenvalue weighted by Crippen LogP contribution is 2.53. The van der Waals surface area contributed by atoms with E-state index in [0.717, 1.165) is 77.4 Å². The van der Waals surface area contributed by atoms with Crippen molar-refractivity contribution in [2.45, 2.75) is 245 Å². The average Bonchev–Trinajstić information content (AvgIpc) is 3.92. The molecule has 6 heteroatoms. The predicted molar refractivity (Wildman–Crippen MR) is 221 cm³/mol. The minimum Gasteiger partial charge on any atom is -0.466 e. The molecule has 0 aromatic heterocycles. The lowest BCUT2D eigenvalue weighted by atomic mass is 9.94. The minimum atomic E-state index is -0.0227. The zero-order valence-electron chi connectivity index (χ0n) is 35.2. The van der Waals surface area contributed by atoms with Crippen molar-refractivity contribution < 1.29 is 24.2 Å². The summed E-state index contributed by atoms with van der Waals surface area (Å²) in [5, 5.41) is 9.68. The first-order chi connectivity index (χ1) is 25.5. The zero-order chi connectivity index (χ0) is 37.8. The maximum atomic E-state index is 12.9. The second-order valence-corrected chi connectivity index (χ2v) is 16.6. The Morgan fingerprint density at radius 1 is 0.538 bits per heavy atom. The molecular formula is C46H89NO5. The smallest absolute Gasteiger partial charge is 0.306 e. The molecule has 0 aromatic rings. The molecule has 0 atom stereocenters. The molecular weight excluding hydrogens is 647 g/mol. The Balaban J connectivity index is 2.18. The lowest BCUT2D eigenvalue weighted by Crippen LogP contribution is -2.30. The predicted octanol–water partition coefficient (Wildman–Crippen LogP) is 13.1. The quantitative estimate of drug-likeness (QED) is 0.0498. The molecule has 0 aliphatic heterocycles. The van der Waals surface area contributed by atoms with Gasteiger partial charge in [-0.1, -0.05) is 149 Å². The third kappa shape index (κ3) is 30.2. The van der Waals surface area contributed by atoms with E-state index in [0.29, 0.717) is 24.9 Å². The van der Waals surface area contributed by atoms with Crippen LogP contribution >= 0.6 is 0 Å². The lowest BCUT2D eigenvalue weighted by molar-refractivity contribution is -0.150. The molecule has 308 valence electrons. The summed E-state index contributed by atoms with van der Waals surface area (Å²) in [6, 6.07) is 0. The second-order valence-electron chi connectivity index (χ2n) is 16.6. The molecule has 1 saturated carbocycles. The number of nitrogens with zero attached hydrogens (tertiary/aromatic N) is 1. The van der Waals surface area contributed by atoms with E-state index in [1.54, 1.807) is 0 Å². The van der Waals surface area contributed by atoms with Crippen molar-refractivity contribution in [3.05, 3.63) is 0 Å². The molecule has 0 saturated heterocycles. The molecule has 0 bridgehead atoms. The summed E-state index contributed by atoms with van der Waals surface area (Å²) in [4.78, 5) is 27.3. The summed E-state index contributed by atoms with van der Waals surface area (Å²) in [6.45, 7) is 10.4. The Labute approximate surface area is 323 Å². The van der Waals surface area contributed by atoms with Gasteiger partial charge in [-0.2, -0.15) is 0 Å². The number of aliphatic hydroxyl groups is 1. The van der Waals surface area contributed by atoms with Gasteiger partial charge in [-0.15, -0.1) is 0 Å². The van der Waals surface area contributed by atoms with E-state index in [1.165, 1.54) is 148 Å². The molecule has 0 radical (unpaired) electrons. The molecule has 1 fully saturated rings. The van der Waals surface area contributed by atoms with Crippen LogP contribution in [0.5, 0.6) is 0 Å². The molecule has 0 amide bonds. The van der Waals surface area contributed by atoms with Gasteiger partial charge in [-0.3, -0.25) is 9.59 Å². The lowest BCUT2D eigenvalue weighted by Gasteiger charge is -2.24. The fraction of sp³-hybridized carbons (Fsp3) is 0.957. The number of rotatable bonds is 41. The maximum Gasteiger partial charge on any atom is 0.306 e. The summed E-state index contributed by atoms with van der Waals surface area (Å²) >= 11 is 0. The third-order valence-corrected chi connectivity index (χ3v) is 11.6. The highest BCUT2D eigenvalue weighted by molar-refractivity contribution is 5.69. The highest BCUT2D eigenvalue weighted by atomic mass is 16.5. The van der Waals surface area contributed by atoms with E-state index in [-0.39, 0.29) is 24.6 Å². The van der Waals surface area contributed by atoms with Crippen LogP contribution in [0.3, 0.4) is 0 Å². The topological polar surface area (TPSA) is 76.1 Å². The van der Waals surface area contributed by atoms with Gasteiger partial charge in [-0.05, 0) is 95.6 Å². The summed E-state index contributed by atoms with van der Waals surface area (Å²) in [7, 11) is 0. The van der Waals surface area contributed by atoms with Crippen molar-refractivity contribution in [2.75, 3.05) is 32.8 Å². The Kier molecular flexibility index (Phi) is 33.4. The number of hydrogen-bond acceptors (Lipinski definition) is 6. The van der Waals surface area contributed by atoms with Gasteiger partial charge in [-0.25, -0.2) is 0 Å². The summed E-state index contributed by atoms with van der Waals surface area (Å²) in [5.74, 6) is 0.00574. The number of hydrogen-bond donors (Lipinski definition) is 1. The van der Waals surface area contributed by atoms with Crippen LogP contribution in [0.4, 0.5) is 0 Å². The van der Waals surface area contributed by atoms with Gasteiger partial charge in [0.2, 0.25) is 0 Å².